The number of nitrogens with zero attached hydrogens (tertiary/aromatic N) is 2. The van der Waals surface area contributed by atoms with Crippen LogP contribution in [-0.2, 0) is 7.05 Å². The van der Waals surface area contributed by atoms with Crippen LogP contribution in [0.5, 0.6) is 11.5 Å². The number of methoxy groups -OCH3 is 1. The fraction of sp³-hybridized carbons (Fsp3) is 0.133. The number of phenolic OH excluding ortho intramolecular Hbond substituents is 1. The number of benzene rings is 2. The molecule has 23 heavy (non-hydrogen) atoms. The van der Waals surface area contributed by atoms with Crippen molar-refractivity contribution in [2.45, 2.75) is 0 Å². The van der Waals surface area contributed by atoms with E-state index in [4.69, 9.17) is 16.3 Å². The summed E-state index contributed by atoms with van der Waals surface area (Å²) in [6.45, 7) is 0. The minimum Gasteiger partial charge on any atom is -0.507 e. The molecular formula is C15H11ClN2O5. The molecule has 0 radical (unpaired) electrons. The van der Waals surface area contributed by atoms with Crippen molar-refractivity contribution in [2.75, 3.05) is 7.11 Å². The van der Waals surface area contributed by atoms with Crippen LogP contribution in [0.15, 0.2) is 29.1 Å². The van der Waals surface area contributed by atoms with Gasteiger partial charge in [-0.05, 0) is 6.07 Å². The first-order valence-corrected chi connectivity index (χ1v) is 6.90. The van der Waals surface area contributed by atoms with Gasteiger partial charge in [0, 0.05) is 25.2 Å². The molecule has 1 aromatic heterocycles. The number of aromatic hydroxyl groups is 1. The highest BCUT2D eigenvalue weighted by atomic mass is 35.5. The molecule has 3 aromatic rings. The summed E-state index contributed by atoms with van der Waals surface area (Å²) in [4.78, 5) is 23.0. The Morgan fingerprint density at radius 3 is 2.57 bits per heavy atom. The maximum Gasteiger partial charge on any atom is 0.288 e. The fourth-order valence-electron chi connectivity index (χ4n) is 2.62. The lowest BCUT2D eigenvalue weighted by Crippen LogP contribution is -2.10. The first-order chi connectivity index (χ1) is 10.8. The molecule has 0 saturated heterocycles. The number of ether oxygens (including phenoxy) is 1. The number of nitro groups is 1. The summed E-state index contributed by atoms with van der Waals surface area (Å²) in [5, 5.41) is 21.3. The molecule has 0 aliphatic rings. The van der Waals surface area contributed by atoms with Crippen molar-refractivity contribution >= 4 is 39.1 Å². The Morgan fingerprint density at radius 1 is 1.26 bits per heavy atom. The van der Waals surface area contributed by atoms with Crippen molar-refractivity contribution in [3.8, 4) is 11.5 Å². The number of hydrogen-bond acceptors (Lipinski definition) is 5. The maximum absolute atomic E-state index is 12.7. The van der Waals surface area contributed by atoms with Crippen LogP contribution in [0, 0.1) is 10.1 Å². The van der Waals surface area contributed by atoms with E-state index in [1.807, 2.05) is 0 Å². The number of aromatic nitrogens is 1. The molecule has 7 nitrogen and oxygen atoms in total. The third-order valence-electron chi connectivity index (χ3n) is 3.76. The van der Waals surface area contributed by atoms with Crippen molar-refractivity contribution in [2.24, 2.45) is 7.05 Å². The highest BCUT2D eigenvalue weighted by molar-refractivity contribution is 6.33. The summed E-state index contributed by atoms with van der Waals surface area (Å²) >= 11 is 5.93. The zero-order valence-corrected chi connectivity index (χ0v) is 12.9. The number of phenols is 1. The highest BCUT2D eigenvalue weighted by Gasteiger charge is 2.19. The summed E-state index contributed by atoms with van der Waals surface area (Å²) in [6.07, 6.45) is 0. The fourth-order valence-corrected chi connectivity index (χ4v) is 2.84. The molecule has 1 N–H and O–H groups in total. The van der Waals surface area contributed by atoms with Gasteiger partial charge in [-0.3, -0.25) is 14.9 Å². The zero-order chi connectivity index (χ0) is 16.9. The van der Waals surface area contributed by atoms with Gasteiger partial charge in [0.2, 0.25) is 5.43 Å². The lowest BCUT2D eigenvalue weighted by atomic mass is 10.1. The predicted octanol–water partition coefficient (Wildman–Crippen LogP) is 2.97. The van der Waals surface area contributed by atoms with E-state index in [2.05, 4.69) is 0 Å². The number of pyridine rings is 1. The van der Waals surface area contributed by atoms with Crippen LogP contribution in [0.2, 0.25) is 5.02 Å². The molecular weight excluding hydrogens is 324 g/mol. The maximum atomic E-state index is 12.7. The van der Waals surface area contributed by atoms with Gasteiger partial charge in [-0.25, -0.2) is 0 Å². The average molecular weight is 335 g/mol. The molecule has 1 heterocycles. The summed E-state index contributed by atoms with van der Waals surface area (Å²) in [7, 11) is 3.12. The second kappa shape index (κ2) is 5.13. The van der Waals surface area contributed by atoms with Crippen molar-refractivity contribution in [1.82, 2.24) is 4.57 Å². The van der Waals surface area contributed by atoms with E-state index in [-0.39, 0.29) is 27.2 Å². The lowest BCUT2D eigenvalue weighted by Gasteiger charge is -2.13. The molecule has 8 heteroatoms. The van der Waals surface area contributed by atoms with E-state index >= 15 is 0 Å². The Hall–Kier alpha value is -2.80. The molecule has 118 valence electrons. The van der Waals surface area contributed by atoms with Crippen molar-refractivity contribution < 1.29 is 14.8 Å². The predicted molar refractivity (Wildman–Crippen MR) is 86.6 cm³/mol. The zero-order valence-electron chi connectivity index (χ0n) is 12.2. The Bertz CT molecular complexity index is 1040. The van der Waals surface area contributed by atoms with Gasteiger partial charge in [-0.15, -0.1) is 0 Å². The Balaban J connectivity index is 2.58. The van der Waals surface area contributed by atoms with Gasteiger partial charge in [0.05, 0.1) is 33.8 Å². The van der Waals surface area contributed by atoms with E-state index < -0.39 is 10.4 Å². The van der Waals surface area contributed by atoms with Crippen molar-refractivity contribution in [3.63, 3.8) is 0 Å². The first kappa shape index (κ1) is 15.1. The van der Waals surface area contributed by atoms with Gasteiger partial charge in [0.15, 0.2) is 0 Å². The molecule has 0 aliphatic carbocycles. The largest absolute Gasteiger partial charge is 0.507 e. The second-order valence-electron chi connectivity index (χ2n) is 5.01. The number of hydrogen-bond donors (Lipinski definition) is 1. The molecule has 0 aliphatic heterocycles. The quantitative estimate of drug-likeness (QED) is 0.441. The van der Waals surface area contributed by atoms with Gasteiger partial charge in [-0.1, -0.05) is 11.6 Å². The molecule has 0 fully saturated rings. The van der Waals surface area contributed by atoms with E-state index in [0.29, 0.717) is 16.8 Å². The molecule has 0 atom stereocenters. The Morgan fingerprint density at radius 2 is 1.96 bits per heavy atom. The number of fused-ring (bicyclic) bond motifs is 2. The number of nitro benzene ring substituents is 1. The molecule has 0 saturated carbocycles. The van der Waals surface area contributed by atoms with E-state index in [9.17, 15) is 20.0 Å². The summed E-state index contributed by atoms with van der Waals surface area (Å²) < 4.78 is 6.72. The van der Waals surface area contributed by atoms with Crippen LogP contribution >= 0.6 is 11.6 Å². The van der Waals surface area contributed by atoms with Gasteiger partial charge in [-0.2, -0.15) is 0 Å². The van der Waals surface area contributed by atoms with Crippen LogP contribution in [0.1, 0.15) is 0 Å². The van der Waals surface area contributed by atoms with Crippen LogP contribution in [0.25, 0.3) is 21.8 Å². The number of aryl methyl sites for hydroxylation is 1. The Labute approximate surface area is 134 Å². The van der Waals surface area contributed by atoms with Gasteiger partial charge in [0.25, 0.3) is 5.69 Å². The normalized spacial score (nSPS) is 11.1. The van der Waals surface area contributed by atoms with E-state index in [0.717, 1.165) is 6.07 Å². The smallest absolute Gasteiger partial charge is 0.288 e. The van der Waals surface area contributed by atoms with Crippen LogP contribution < -0.4 is 10.2 Å². The second-order valence-corrected chi connectivity index (χ2v) is 5.41. The van der Waals surface area contributed by atoms with Gasteiger partial charge >= 0.3 is 0 Å². The highest BCUT2D eigenvalue weighted by Crippen LogP contribution is 2.33. The molecule has 3 rings (SSSR count). The van der Waals surface area contributed by atoms with Gasteiger partial charge in [0.1, 0.15) is 16.5 Å². The molecule has 0 bridgehead atoms. The lowest BCUT2D eigenvalue weighted by molar-refractivity contribution is -0.384. The van der Waals surface area contributed by atoms with Crippen molar-refractivity contribution in [1.29, 1.82) is 0 Å². The number of rotatable bonds is 2. The topological polar surface area (TPSA) is 94.6 Å². The molecule has 0 unspecified atom stereocenters. The van der Waals surface area contributed by atoms with Crippen molar-refractivity contribution in [3.05, 3.63) is 49.6 Å². The van der Waals surface area contributed by atoms with Crippen LogP contribution in [0.4, 0.5) is 5.69 Å². The minimum atomic E-state index is -0.653. The first-order valence-electron chi connectivity index (χ1n) is 6.52. The van der Waals surface area contributed by atoms with E-state index in [1.54, 1.807) is 17.7 Å². The standard InChI is InChI=1S/C15H11ClN2O5/c1-17-10-6-9(16)11(18(21)22)5-8(10)15(20)14-12(17)3-7(23-2)4-13(14)19/h3-6,19H,1-2H3. The average Bonchev–Trinajstić information content (AvgIpc) is 2.51. The molecule has 2 aromatic carbocycles. The third-order valence-corrected chi connectivity index (χ3v) is 4.06. The van der Waals surface area contributed by atoms with Gasteiger partial charge < -0.3 is 14.4 Å². The third kappa shape index (κ3) is 2.17. The minimum absolute atomic E-state index is 0.0658. The van der Waals surface area contributed by atoms with Crippen LogP contribution in [-0.4, -0.2) is 21.7 Å². The molecule has 0 amide bonds. The summed E-state index contributed by atoms with van der Waals surface area (Å²) in [6, 6.07) is 5.42. The number of halogens is 1. The molecule has 0 spiro atoms. The monoisotopic (exact) mass is 334 g/mol. The SMILES string of the molecule is COc1cc(O)c2c(=O)c3cc([N+](=O)[O-])c(Cl)cc3n(C)c2c1. The summed E-state index contributed by atoms with van der Waals surface area (Å²) in [5.41, 5.74) is -0.00772. The Kier molecular flexibility index (Phi) is 3.37. The van der Waals surface area contributed by atoms with Crippen LogP contribution in [0.3, 0.4) is 0 Å². The van der Waals surface area contributed by atoms with E-state index in [1.165, 1.54) is 19.2 Å². The summed E-state index contributed by atoms with van der Waals surface area (Å²) in [5.74, 6) is 0.136.